The van der Waals surface area contributed by atoms with Gasteiger partial charge in [-0.1, -0.05) is 23.9 Å². The van der Waals surface area contributed by atoms with Gasteiger partial charge in [0.2, 0.25) is 11.6 Å². The monoisotopic (exact) mass is 439 g/mol. The van der Waals surface area contributed by atoms with E-state index in [1.54, 1.807) is 32.7 Å². The van der Waals surface area contributed by atoms with Gasteiger partial charge >= 0.3 is 5.56 Å². The summed E-state index contributed by atoms with van der Waals surface area (Å²) in [6.45, 7) is 6.36. The van der Waals surface area contributed by atoms with Gasteiger partial charge in [-0.2, -0.15) is 0 Å². The van der Waals surface area contributed by atoms with Gasteiger partial charge in [0.05, 0.1) is 11.8 Å². The maximum Gasteiger partial charge on any atom is 0.300 e. The lowest BCUT2D eigenvalue weighted by Gasteiger charge is -2.11. The average molecular weight is 440 g/mol. The first-order valence-corrected chi connectivity index (χ1v) is 11.2. The second kappa shape index (κ2) is 8.45. The summed E-state index contributed by atoms with van der Waals surface area (Å²) in [6.07, 6.45) is 3.46. The molecule has 154 valence electrons. The second-order valence-corrected chi connectivity index (χ2v) is 9.32. The van der Waals surface area contributed by atoms with Crippen LogP contribution < -0.4 is 10.9 Å². The fourth-order valence-electron chi connectivity index (χ4n) is 2.97. The van der Waals surface area contributed by atoms with E-state index in [-0.39, 0.29) is 22.4 Å². The number of thioether (sulfide) groups is 1. The first kappa shape index (κ1) is 20.4. The van der Waals surface area contributed by atoms with Crippen LogP contribution in [-0.2, 0) is 11.3 Å². The lowest BCUT2D eigenvalue weighted by molar-refractivity contribution is -0.120. The van der Waals surface area contributed by atoms with E-state index in [0.717, 1.165) is 16.1 Å². The van der Waals surface area contributed by atoms with E-state index in [1.807, 2.05) is 56.5 Å². The molecule has 1 atom stereocenters. The number of aromatic nitrogens is 4. The van der Waals surface area contributed by atoms with E-state index in [0.29, 0.717) is 11.7 Å². The summed E-state index contributed by atoms with van der Waals surface area (Å²) < 4.78 is 3.19. The van der Waals surface area contributed by atoms with E-state index in [1.165, 1.54) is 17.3 Å². The van der Waals surface area contributed by atoms with Gasteiger partial charge in [-0.05, 0) is 55.5 Å². The molecule has 0 aliphatic heterocycles. The zero-order valence-corrected chi connectivity index (χ0v) is 18.5. The molecule has 3 heterocycles. The van der Waals surface area contributed by atoms with E-state index in [9.17, 15) is 9.59 Å². The van der Waals surface area contributed by atoms with Crippen LogP contribution in [-0.4, -0.2) is 30.3 Å². The predicted octanol–water partition coefficient (Wildman–Crippen LogP) is 3.36. The number of thiophene rings is 1. The molecule has 4 aromatic rings. The van der Waals surface area contributed by atoms with Crippen molar-refractivity contribution in [1.29, 1.82) is 0 Å². The Morgan fingerprint density at radius 1 is 1.20 bits per heavy atom. The molecule has 4 rings (SSSR count). The fraction of sp³-hybridized carbons (Fsp3) is 0.238. The maximum absolute atomic E-state index is 12.9. The number of carbonyl (C=O) groups excluding carboxylic acids is 1. The molecule has 1 N–H and O–H groups in total. The number of fused-ring (bicyclic) bond motifs is 1. The SMILES string of the molecule is Cc1ccc(-n2ccn3c(SC(C)C(=O)NCc4cccs4)nnc3c2=O)cc1C. The predicted molar refractivity (Wildman–Crippen MR) is 120 cm³/mol. The third kappa shape index (κ3) is 4.03. The Morgan fingerprint density at radius 3 is 2.77 bits per heavy atom. The highest BCUT2D eigenvalue weighted by Crippen LogP contribution is 2.22. The molecule has 0 fully saturated rings. The van der Waals surface area contributed by atoms with E-state index in [4.69, 9.17) is 0 Å². The van der Waals surface area contributed by atoms with Crippen molar-refractivity contribution in [2.75, 3.05) is 0 Å². The van der Waals surface area contributed by atoms with Crippen LogP contribution in [0.1, 0.15) is 22.9 Å². The van der Waals surface area contributed by atoms with Crippen molar-refractivity contribution < 1.29 is 4.79 Å². The highest BCUT2D eigenvalue weighted by atomic mass is 32.2. The van der Waals surface area contributed by atoms with Crippen LogP contribution in [0.3, 0.4) is 0 Å². The molecular formula is C21H21N5O2S2. The molecule has 1 aromatic carbocycles. The van der Waals surface area contributed by atoms with Crippen molar-refractivity contribution >= 4 is 34.7 Å². The number of benzene rings is 1. The molecule has 30 heavy (non-hydrogen) atoms. The van der Waals surface area contributed by atoms with Crippen molar-refractivity contribution in [3.8, 4) is 5.69 Å². The number of hydrogen-bond donors (Lipinski definition) is 1. The van der Waals surface area contributed by atoms with Gasteiger partial charge in [0.25, 0.3) is 0 Å². The van der Waals surface area contributed by atoms with Crippen molar-refractivity contribution in [3.05, 3.63) is 74.5 Å². The highest BCUT2D eigenvalue weighted by molar-refractivity contribution is 8.00. The van der Waals surface area contributed by atoms with E-state index >= 15 is 0 Å². The third-order valence-corrected chi connectivity index (χ3v) is 6.81. The minimum Gasteiger partial charge on any atom is -0.350 e. The molecule has 0 spiro atoms. The van der Waals surface area contributed by atoms with Crippen molar-refractivity contribution in [3.63, 3.8) is 0 Å². The van der Waals surface area contributed by atoms with Crippen LogP contribution in [0.2, 0.25) is 0 Å². The third-order valence-electron chi connectivity index (χ3n) is 4.88. The number of nitrogens with zero attached hydrogens (tertiary/aromatic N) is 4. The Balaban J connectivity index is 1.54. The first-order chi connectivity index (χ1) is 14.4. The number of amides is 1. The van der Waals surface area contributed by atoms with E-state index in [2.05, 4.69) is 15.5 Å². The Kier molecular flexibility index (Phi) is 5.74. The molecule has 0 aliphatic rings. The summed E-state index contributed by atoms with van der Waals surface area (Å²) in [5.74, 6) is -0.0892. The average Bonchev–Trinajstić information content (AvgIpc) is 3.39. The lowest BCUT2D eigenvalue weighted by Crippen LogP contribution is -2.30. The summed E-state index contributed by atoms with van der Waals surface area (Å²) in [6, 6.07) is 9.81. The molecule has 0 saturated heterocycles. The molecule has 1 amide bonds. The number of nitrogens with one attached hydrogen (secondary N) is 1. The van der Waals surface area contributed by atoms with Crippen molar-refractivity contribution in [1.82, 2.24) is 24.5 Å². The standard InChI is InChI=1S/C21H21N5O2S2/c1-13-6-7-16(11-14(13)2)25-8-9-26-18(20(25)28)23-24-21(26)30-15(3)19(27)22-12-17-5-4-10-29-17/h4-11,15H,12H2,1-3H3,(H,22,27). The smallest absolute Gasteiger partial charge is 0.300 e. The van der Waals surface area contributed by atoms with Crippen LogP contribution in [0.5, 0.6) is 0 Å². The van der Waals surface area contributed by atoms with Gasteiger partial charge < -0.3 is 5.32 Å². The summed E-state index contributed by atoms with van der Waals surface area (Å²) >= 11 is 2.87. The molecule has 0 radical (unpaired) electrons. The van der Waals surface area contributed by atoms with Crippen LogP contribution in [0.15, 0.2) is 58.1 Å². The van der Waals surface area contributed by atoms with Gasteiger partial charge in [0.15, 0.2) is 5.16 Å². The summed E-state index contributed by atoms with van der Waals surface area (Å²) in [5, 5.41) is 13.2. The van der Waals surface area contributed by atoms with Gasteiger partial charge in [0, 0.05) is 23.0 Å². The van der Waals surface area contributed by atoms with Gasteiger partial charge in [-0.3, -0.25) is 18.6 Å². The first-order valence-electron chi connectivity index (χ1n) is 9.45. The Labute approximate surface area is 181 Å². The zero-order chi connectivity index (χ0) is 21.3. The summed E-state index contributed by atoms with van der Waals surface area (Å²) in [4.78, 5) is 26.5. The number of hydrogen-bond acceptors (Lipinski definition) is 6. The normalized spacial score (nSPS) is 12.2. The molecule has 3 aromatic heterocycles. The van der Waals surface area contributed by atoms with Crippen LogP contribution >= 0.6 is 23.1 Å². The zero-order valence-electron chi connectivity index (χ0n) is 16.8. The fourth-order valence-corrected chi connectivity index (χ4v) is 4.47. The molecule has 0 aliphatic carbocycles. The summed E-state index contributed by atoms with van der Waals surface area (Å²) in [7, 11) is 0. The molecular weight excluding hydrogens is 418 g/mol. The quantitative estimate of drug-likeness (QED) is 0.466. The van der Waals surface area contributed by atoms with Crippen molar-refractivity contribution in [2.45, 2.75) is 37.7 Å². The minimum absolute atomic E-state index is 0.0892. The topological polar surface area (TPSA) is 81.3 Å². The molecule has 1 unspecified atom stereocenters. The van der Waals surface area contributed by atoms with Gasteiger partial charge in [-0.25, -0.2) is 0 Å². The van der Waals surface area contributed by atoms with Crippen LogP contribution in [0.25, 0.3) is 11.3 Å². The minimum atomic E-state index is -0.375. The Hall–Kier alpha value is -2.91. The molecule has 0 bridgehead atoms. The van der Waals surface area contributed by atoms with Crippen LogP contribution in [0.4, 0.5) is 0 Å². The largest absolute Gasteiger partial charge is 0.350 e. The number of aryl methyl sites for hydroxylation is 2. The van der Waals surface area contributed by atoms with Gasteiger partial charge in [0.1, 0.15) is 0 Å². The number of rotatable bonds is 6. The number of carbonyl (C=O) groups is 1. The lowest BCUT2D eigenvalue weighted by atomic mass is 10.1. The second-order valence-electron chi connectivity index (χ2n) is 6.98. The highest BCUT2D eigenvalue weighted by Gasteiger charge is 2.19. The van der Waals surface area contributed by atoms with E-state index < -0.39 is 0 Å². The Morgan fingerprint density at radius 2 is 2.03 bits per heavy atom. The van der Waals surface area contributed by atoms with Crippen molar-refractivity contribution in [2.24, 2.45) is 0 Å². The maximum atomic E-state index is 12.9. The molecule has 7 nitrogen and oxygen atoms in total. The Bertz CT molecular complexity index is 1260. The van der Waals surface area contributed by atoms with Gasteiger partial charge in [-0.15, -0.1) is 21.5 Å². The summed E-state index contributed by atoms with van der Waals surface area (Å²) in [5.41, 5.74) is 3.03. The van der Waals surface area contributed by atoms with Crippen LogP contribution in [0, 0.1) is 13.8 Å². The molecule has 9 heteroatoms. The molecule has 0 saturated carbocycles.